The molecule has 0 N–H and O–H groups in total. The summed E-state index contributed by atoms with van der Waals surface area (Å²) in [5, 5.41) is 13.9. The maximum atomic E-state index is 13.0. The highest BCUT2D eigenvalue weighted by molar-refractivity contribution is 5.68. The fraction of sp³-hybridized carbons (Fsp3) is 0.458. The van der Waals surface area contributed by atoms with E-state index in [0.29, 0.717) is 32.1 Å². The van der Waals surface area contributed by atoms with Crippen LogP contribution in [0.25, 0.3) is 11.4 Å². The molecule has 0 bridgehead atoms. The first-order valence-electron chi connectivity index (χ1n) is 11.4. The third-order valence-electron chi connectivity index (χ3n) is 7.20. The zero-order valence-corrected chi connectivity index (χ0v) is 18.8. The van der Waals surface area contributed by atoms with Crippen molar-refractivity contribution < 1.29 is 4.74 Å². The van der Waals surface area contributed by atoms with Crippen LogP contribution in [-0.2, 0) is 24.2 Å². The molecule has 1 fully saturated rings. The Morgan fingerprint density at radius 3 is 2.88 bits per heavy atom. The highest BCUT2D eigenvalue weighted by Gasteiger charge is 2.44. The summed E-state index contributed by atoms with van der Waals surface area (Å²) in [6.45, 7) is 7.05. The minimum atomic E-state index is -0.450. The van der Waals surface area contributed by atoms with Crippen LogP contribution in [0.15, 0.2) is 23.1 Å². The fourth-order valence-corrected chi connectivity index (χ4v) is 4.80. The number of aryl methyl sites for hydroxylation is 1. The number of fused-ring (bicyclic) bond motifs is 2. The van der Waals surface area contributed by atoms with Gasteiger partial charge in [0, 0.05) is 42.7 Å². The minimum Gasteiger partial charge on any atom is -0.373 e. The second kappa shape index (κ2) is 7.25. The van der Waals surface area contributed by atoms with E-state index in [1.807, 2.05) is 20.0 Å². The lowest BCUT2D eigenvalue weighted by Gasteiger charge is -2.31. The van der Waals surface area contributed by atoms with E-state index < -0.39 is 5.41 Å². The molecule has 5 heterocycles. The van der Waals surface area contributed by atoms with Crippen molar-refractivity contribution >= 4 is 17.2 Å². The number of hydrogen-bond donors (Lipinski definition) is 0. The lowest BCUT2D eigenvalue weighted by Crippen LogP contribution is -2.33. The lowest BCUT2D eigenvalue weighted by atomic mass is 10.0. The van der Waals surface area contributed by atoms with Crippen LogP contribution in [0, 0.1) is 30.6 Å². The van der Waals surface area contributed by atoms with Crippen molar-refractivity contribution in [1.82, 2.24) is 24.1 Å². The first-order valence-corrected chi connectivity index (χ1v) is 11.4. The number of anilines is 1. The van der Waals surface area contributed by atoms with Gasteiger partial charge in [0.25, 0.3) is 5.78 Å². The summed E-state index contributed by atoms with van der Waals surface area (Å²) in [7, 11) is 0. The van der Waals surface area contributed by atoms with E-state index >= 15 is 0 Å². The van der Waals surface area contributed by atoms with Gasteiger partial charge >= 0.3 is 5.69 Å². The molecular formula is C24H25N7O2. The quantitative estimate of drug-likeness (QED) is 0.609. The van der Waals surface area contributed by atoms with Crippen LogP contribution in [0.1, 0.15) is 40.9 Å². The molecule has 0 saturated heterocycles. The third kappa shape index (κ3) is 3.25. The van der Waals surface area contributed by atoms with Crippen LogP contribution in [0.4, 0.5) is 5.82 Å². The Labute approximate surface area is 190 Å². The summed E-state index contributed by atoms with van der Waals surface area (Å²) in [4.78, 5) is 24.8. The van der Waals surface area contributed by atoms with Gasteiger partial charge in [-0.25, -0.2) is 13.9 Å². The molecule has 0 aromatic carbocycles. The summed E-state index contributed by atoms with van der Waals surface area (Å²) in [6.07, 6.45) is 6.52. The van der Waals surface area contributed by atoms with E-state index in [2.05, 4.69) is 28.2 Å². The van der Waals surface area contributed by atoms with E-state index in [1.54, 1.807) is 4.40 Å². The predicted molar refractivity (Wildman–Crippen MR) is 122 cm³/mol. The van der Waals surface area contributed by atoms with Crippen LogP contribution in [0.5, 0.6) is 0 Å². The fourth-order valence-electron chi connectivity index (χ4n) is 4.80. The van der Waals surface area contributed by atoms with Gasteiger partial charge in [-0.2, -0.15) is 10.2 Å². The molecule has 2 aliphatic heterocycles. The average Bonchev–Trinajstić information content (AvgIpc) is 3.24. The molecule has 3 aromatic rings. The SMILES string of the molecule is Cc1c(N2CCc3ncc(C4=CCOC4)cc3C2)nc2nn(CC3(C#N)CC3)c(=O)n2c1C. The van der Waals surface area contributed by atoms with Crippen LogP contribution in [0.3, 0.4) is 0 Å². The van der Waals surface area contributed by atoms with Crippen molar-refractivity contribution in [1.29, 1.82) is 5.26 Å². The van der Waals surface area contributed by atoms with Crippen molar-refractivity contribution in [2.75, 3.05) is 24.7 Å². The number of nitrogens with zero attached hydrogens (tertiary/aromatic N) is 7. The van der Waals surface area contributed by atoms with E-state index in [-0.39, 0.29) is 5.69 Å². The number of rotatable bonds is 4. The Bertz CT molecular complexity index is 1420. The van der Waals surface area contributed by atoms with Crippen LogP contribution >= 0.6 is 0 Å². The first kappa shape index (κ1) is 20.1. The van der Waals surface area contributed by atoms with Gasteiger partial charge in [-0.1, -0.05) is 6.08 Å². The summed E-state index contributed by atoms with van der Waals surface area (Å²) in [5.41, 5.74) is 5.73. The molecule has 33 heavy (non-hydrogen) atoms. The summed E-state index contributed by atoms with van der Waals surface area (Å²) < 4.78 is 8.45. The topological polar surface area (TPSA) is 101 Å². The maximum absolute atomic E-state index is 13.0. The largest absolute Gasteiger partial charge is 0.373 e. The van der Waals surface area contributed by atoms with Gasteiger partial charge in [0.05, 0.1) is 31.2 Å². The molecular weight excluding hydrogens is 418 g/mol. The van der Waals surface area contributed by atoms with Crippen LogP contribution in [0.2, 0.25) is 0 Å². The molecule has 9 nitrogen and oxygen atoms in total. The zero-order chi connectivity index (χ0) is 22.7. The first-order chi connectivity index (χ1) is 16.0. The molecule has 6 rings (SSSR count). The molecule has 1 saturated carbocycles. The molecule has 168 valence electrons. The molecule has 0 unspecified atom stereocenters. The second-order valence-corrected chi connectivity index (χ2v) is 9.36. The van der Waals surface area contributed by atoms with Gasteiger partial charge in [0.1, 0.15) is 5.82 Å². The number of aromatic nitrogens is 5. The number of pyridine rings is 1. The lowest BCUT2D eigenvalue weighted by molar-refractivity contribution is 0.216. The van der Waals surface area contributed by atoms with Gasteiger partial charge in [-0.05, 0) is 49.5 Å². The highest BCUT2D eigenvalue weighted by atomic mass is 16.5. The second-order valence-electron chi connectivity index (χ2n) is 9.36. The Kier molecular flexibility index (Phi) is 4.42. The smallest absolute Gasteiger partial charge is 0.351 e. The molecule has 1 aliphatic carbocycles. The number of nitriles is 1. The van der Waals surface area contributed by atoms with Crippen LogP contribution in [-0.4, -0.2) is 43.9 Å². The van der Waals surface area contributed by atoms with E-state index in [1.165, 1.54) is 15.8 Å². The van der Waals surface area contributed by atoms with Crippen molar-refractivity contribution in [3.63, 3.8) is 0 Å². The molecule has 0 spiro atoms. The van der Waals surface area contributed by atoms with Gasteiger partial charge in [0.2, 0.25) is 0 Å². The normalized spacial score (nSPS) is 18.8. The van der Waals surface area contributed by atoms with E-state index in [4.69, 9.17) is 14.7 Å². The van der Waals surface area contributed by atoms with Gasteiger partial charge in [-0.15, -0.1) is 5.10 Å². The monoisotopic (exact) mass is 443 g/mol. The molecule has 3 aliphatic rings. The standard InChI is InChI=1S/C24H25N7O2/c1-15-16(2)31-22(28-30(23(31)32)14-24(13-25)5-6-24)27-21(15)29-7-3-20-19(11-29)9-18(10-26-20)17-4-8-33-12-17/h4,9-10H,3,5-8,11-12,14H2,1-2H3. The minimum absolute atomic E-state index is 0.226. The van der Waals surface area contributed by atoms with Crippen molar-refractivity contribution in [2.45, 2.75) is 46.2 Å². The predicted octanol–water partition coefficient (Wildman–Crippen LogP) is 2.18. The Morgan fingerprint density at radius 1 is 1.30 bits per heavy atom. The Morgan fingerprint density at radius 2 is 2.15 bits per heavy atom. The van der Waals surface area contributed by atoms with E-state index in [0.717, 1.165) is 54.1 Å². The molecule has 3 aromatic heterocycles. The molecule has 0 amide bonds. The van der Waals surface area contributed by atoms with Crippen molar-refractivity contribution in [3.8, 4) is 6.07 Å². The Balaban J connectivity index is 1.36. The van der Waals surface area contributed by atoms with Crippen molar-refractivity contribution in [2.24, 2.45) is 5.41 Å². The summed E-state index contributed by atoms with van der Waals surface area (Å²) in [6, 6.07) is 4.55. The highest BCUT2D eigenvalue weighted by Crippen LogP contribution is 2.46. The van der Waals surface area contributed by atoms with Crippen LogP contribution < -0.4 is 10.6 Å². The summed E-state index contributed by atoms with van der Waals surface area (Å²) in [5.74, 6) is 1.23. The number of hydrogen-bond acceptors (Lipinski definition) is 7. The third-order valence-corrected chi connectivity index (χ3v) is 7.20. The Hall–Kier alpha value is -3.51. The van der Waals surface area contributed by atoms with E-state index in [9.17, 15) is 10.1 Å². The summed E-state index contributed by atoms with van der Waals surface area (Å²) >= 11 is 0. The molecule has 0 atom stereocenters. The zero-order valence-electron chi connectivity index (χ0n) is 18.8. The van der Waals surface area contributed by atoms with Gasteiger partial charge < -0.3 is 9.64 Å². The van der Waals surface area contributed by atoms with Gasteiger partial charge in [0.15, 0.2) is 0 Å². The maximum Gasteiger partial charge on any atom is 0.351 e. The van der Waals surface area contributed by atoms with Gasteiger partial charge in [-0.3, -0.25) is 4.98 Å². The molecule has 0 radical (unpaired) electrons. The average molecular weight is 444 g/mol. The van der Waals surface area contributed by atoms with Crippen molar-refractivity contribution in [3.05, 3.63) is 56.9 Å². The molecule has 9 heteroatoms. The number of ether oxygens (including phenoxy) is 1.